The van der Waals surface area contributed by atoms with Gasteiger partial charge in [0, 0.05) is 23.7 Å². The van der Waals surface area contributed by atoms with Crippen LogP contribution in [0.1, 0.15) is 0 Å². The molecular weight excluding hydrogens is 284 g/mol. The Morgan fingerprint density at radius 1 is 1.32 bits per heavy atom. The third-order valence-corrected chi connectivity index (χ3v) is 5.03. The first-order valence-electron chi connectivity index (χ1n) is 5.80. The number of amides is 1. The fourth-order valence-corrected chi connectivity index (χ4v) is 3.10. The van der Waals surface area contributed by atoms with Crippen molar-refractivity contribution in [2.75, 3.05) is 30.9 Å². The number of nitrogens with one attached hydrogen (secondary N) is 1. The molecule has 1 aliphatic rings. The normalized spacial score (nSPS) is 16.9. The first-order valence-corrected chi connectivity index (χ1v) is 8.87. The van der Waals surface area contributed by atoms with E-state index in [1.165, 1.54) is 4.31 Å². The molecule has 5 nitrogen and oxygen atoms in total. The molecule has 0 radical (unpaired) electrons. The molecule has 1 aromatic rings. The van der Waals surface area contributed by atoms with E-state index in [1.54, 1.807) is 11.8 Å². The maximum atomic E-state index is 11.9. The predicted molar refractivity (Wildman–Crippen MR) is 76.8 cm³/mol. The van der Waals surface area contributed by atoms with Gasteiger partial charge in [-0.3, -0.25) is 4.79 Å². The van der Waals surface area contributed by atoms with E-state index >= 15 is 0 Å². The van der Waals surface area contributed by atoms with E-state index in [-0.39, 0.29) is 24.9 Å². The molecule has 1 amide bonds. The minimum Gasteiger partial charge on any atom is -0.326 e. The smallest absolute Gasteiger partial charge is 0.230 e. The summed E-state index contributed by atoms with van der Waals surface area (Å²) in [7, 11) is -3.16. The number of hydrogen-bond donors (Lipinski definition) is 1. The Morgan fingerprint density at radius 2 is 1.89 bits per heavy atom. The van der Waals surface area contributed by atoms with Crippen molar-refractivity contribution in [2.45, 2.75) is 4.90 Å². The highest BCUT2D eigenvalue weighted by molar-refractivity contribution is 7.98. The molecule has 0 aromatic heterocycles. The van der Waals surface area contributed by atoms with E-state index in [4.69, 9.17) is 0 Å². The number of rotatable bonds is 4. The van der Waals surface area contributed by atoms with Crippen LogP contribution in [-0.2, 0) is 14.8 Å². The summed E-state index contributed by atoms with van der Waals surface area (Å²) in [6.45, 7) is 0.543. The second-order valence-corrected chi connectivity index (χ2v) is 7.36. The van der Waals surface area contributed by atoms with E-state index < -0.39 is 10.0 Å². The number of sulfonamides is 1. The minimum atomic E-state index is -3.16. The van der Waals surface area contributed by atoms with Crippen LogP contribution < -0.4 is 5.32 Å². The molecule has 1 aliphatic heterocycles. The second-order valence-electron chi connectivity index (χ2n) is 4.49. The minimum absolute atomic E-state index is 0.128. The zero-order chi connectivity index (χ0) is 14.0. The van der Waals surface area contributed by atoms with E-state index in [1.807, 2.05) is 30.5 Å². The number of hydrogen-bond acceptors (Lipinski definition) is 4. The summed E-state index contributed by atoms with van der Waals surface area (Å²) in [6.07, 6.45) is 3.14. The summed E-state index contributed by atoms with van der Waals surface area (Å²) in [4.78, 5) is 13.0. The van der Waals surface area contributed by atoms with Crippen LogP contribution in [0, 0.1) is 5.92 Å². The van der Waals surface area contributed by atoms with Gasteiger partial charge in [-0.25, -0.2) is 12.7 Å². The lowest BCUT2D eigenvalue weighted by Crippen LogP contribution is -2.53. The van der Waals surface area contributed by atoms with Gasteiger partial charge < -0.3 is 5.32 Å². The van der Waals surface area contributed by atoms with Crippen LogP contribution in [0.2, 0.25) is 0 Å². The average molecular weight is 300 g/mol. The van der Waals surface area contributed by atoms with Gasteiger partial charge in [0.1, 0.15) is 0 Å². The Labute approximate surface area is 117 Å². The number of nitrogens with zero attached hydrogens (tertiary/aromatic N) is 1. The Balaban J connectivity index is 1.89. The highest BCUT2D eigenvalue weighted by Gasteiger charge is 2.37. The maximum Gasteiger partial charge on any atom is 0.230 e. The van der Waals surface area contributed by atoms with Crippen molar-refractivity contribution >= 4 is 33.4 Å². The number of thioether (sulfide) groups is 1. The molecule has 0 spiro atoms. The van der Waals surface area contributed by atoms with E-state index in [9.17, 15) is 13.2 Å². The van der Waals surface area contributed by atoms with E-state index in [0.717, 1.165) is 16.8 Å². The van der Waals surface area contributed by atoms with Crippen molar-refractivity contribution in [1.82, 2.24) is 4.31 Å². The molecule has 0 aliphatic carbocycles. The van der Waals surface area contributed by atoms with Gasteiger partial charge in [0.05, 0.1) is 12.2 Å². The van der Waals surface area contributed by atoms with Crippen molar-refractivity contribution in [3.05, 3.63) is 24.3 Å². The SMILES string of the molecule is CSc1ccc(NC(=O)C2CN(S(C)(=O)=O)C2)cc1. The molecular formula is C12H16N2O3S2. The maximum absolute atomic E-state index is 11.9. The van der Waals surface area contributed by atoms with Gasteiger partial charge in [0.15, 0.2) is 0 Å². The zero-order valence-electron chi connectivity index (χ0n) is 10.8. The molecule has 0 bridgehead atoms. The molecule has 19 heavy (non-hydrogen) atoms. The molecule has 7 heteroatoms. The van der Waals surface area contributed by atoms with Crippen molar-refractivity contribution in [1.29, 1.82) is 0 Å². The van der Waals surface area contributed by atoms with Crippen LogP contribution in [0.15, 0.2) is 29.2 Å². The average Bonchev–Trinajstić information content (AvgIpc) is 2.26. The summed E-state index contributed by atoms with van der Waals surface area (Å²) < 4.78 is 23.7. The molecule has 104 valence electrons. The highest BCUT2D eigenvalue weighted by Crippen LogP contribution is 2.22. The summed E-state index contributed by atoms with van der Waals surface area (Å²) in [5.41, 5.74) is 0.737. The number of anilines is 1. The van der Waals surface area contributed by atoms with Crippen LogP contribution in [0.5, 0.6) is 0 Å². The standard InChI is InChI=1S/C12H16N2O3S2/c1-18-11-5-3-10(4-6-11)13-12(15)9-7-14(8-9)19(2,16)17/h3-6,9H,7-8H2,1-2H3,(H,13,15). The fourth-order valence-electron chi connectivity index (χ4n) is 1.79. The van der Waals surface area contributed by atoms with Gasteiger partial charge in [-0.1, -0.05) is 0 Å². The Morgan fingerprint density at radius 3 is 2.37 bits per heavy atom. The molecule has 0 saturated carbocycles. The second kappa shape index (κ2) is 5.52. The van der Waals surface area contributed by atoms with Crippen molar-refractivity contribution in [3.63, 3.8) is 0 Å². The molecule has 0 unspecified atom stereocenters. The number of carbonyl (C=O) groups is 1. The van der Waals surface area contributed by atoms with Gasteiger partial charge in [0.2, 0.25) is 15.9 Å². The molecule has 1 aromatic carbocycles. The topological polar surface area (TPSA) is 66.5 Å². The molecule has 2 rings (SSSR count). The molecule has 1 N–H and O–H groups in total. The first-order chi connectivity index (χ1) is 8.90. The Kier molecular flexibility index (Phi) is 4.17. The van der Waals surface area contributed by atoms with Gasteiger partial charge in [-0.15, -0.1) is 11.8 Å². The lowest BCUT2D eigenvalue weighted by Gasteiger charge is -2.35. The summed E-state index contributed by atoms with van der Waals surface area (Å²) in [5, 5.41) is 2.80. The molecule has 1 fully saturated rings. The van der Waals surface area contributed by atoms with E-state index in [0.29, 0.717) is 0 Å². The van der Waals surface area contributed by atoms with E-state index in [2.05, 4.69) is 5.32 Å². The predicted octanol–water partition coefficient (Wildman–Crippen LogP) is 1.24. The van der Waals surface area contributed by atoms with Gasteiger partial charge in [0.25, 0.3) is 0 Å². The quantitative estimate of drug-likeness (QED) is 0.850. The first kappa shape index (κ1) is 14.4. The van der Waals surface area contributed by atoms with Crippen LogP contribution in [0.4, 0.5) is 5.69 Å². The summed E-state index contributed by atoms with van der Waals surface area (Å²) in [6, 6.07) is 7.56. The number of benzene rings is 1. The molecule has 0 atom stereocenters. The van der Waals surface area contributed by atoms with Gasteiger partial charge >= 0.3 is 0 Å². The third kappa shape index (κ3) is 3.49. The Hall–Kier alpha value is -1.05. The third-order valence-electron chi connectivity index (χ3n) is 3.05. The van der Waals surface area contributed by atoms with Crippen LogP contribution in [0.3, 0.4) is 0 Å². The van der Waals surface area contributed by atoms with Crippen LogP contribution in [0.25, 0.3) is 0 Å². The monoisotopic (exact) mass is 300 g/mol. The lowest BCUT2D eigenvalue weighted by atomic mass is 10.0. The summed E-state index contributed by atoms with van der Waals surface area (Å²) in [5.74, 6) is -0.383. The largest absolute Gasteiger partial charge is 0.326 e. The Bertz CT molecular complexity index is 563. The lowest BCUT2D eigenvalue weighted by molar-refractivity contribution is -0.122. The highest BCUT2D eigenvalue weighted by atomic mass is 32.2. The van der Waals surface area contributed by atoms with Gasteiger partial charge in [-0.05, 0) is 30.5 Å². The van der Waals surface area contributed by atoms with Crippen molar-refractivity contribution in [2.24, 2.45) is 5.92 Å². The van der Waals surface area contributed by atoms with Crippen molar-refractivity contribution in [3.8, 4) is 0 Å². The molecule has 1 saturated heterocycles. The fraction of sp³-hybridized carbons (Fsp3) is 0.417. The summed E-state index contributed by atoms with van der Waals surface area (Å²) >= 11 is 1.64. The zero-order valence-corrected chi connectivity index (χ0v) is 12.4. The van der Waals surface area contributed by atoms with Crippen molar-refractivity contribution < 1.29 is 13.2 Å². The van der Waals surface area contributed by atoms with Crippen LogP contribution >= 0.6 is 11.8 Å². The molecule has 1 heterocycles. The van der Waals surface area contributed by atoms with Gasteiger partial charge in [-0.2, -0.15) is 0 Å². The number of carbonyl (C=O) groups excluding carboxylic acids is 1. The van der Waals surface area contributed by atoms with Crippen LogP contribution in [-0.4, -0.2) is 44.2 Å².